The first-order chi connectivity index (χ1) is 10.7. The van der Waals surface area contributed by atoms with Crippen LogP contribution in [-0.4, -0.2) is 18.8 Å². The number of rotatable bonds is 5. The van der Waals surface area contributed by atoms with Gasteiger partial charge in [0, 0.05) is 17.8 Å². The van der Waals surface area contributed by atoms with E-state index in [0.717, 1.165) is 18.4 Å². The van der Waals surface area contributed by atoms with Crippen LogP contribution in [-0.2, 0) is 0 Å². The van der Waals surface area contributed by atoms with Gasteiger partial charge in [-0.15, -0.1) is 0 Å². The first-order valence-corrected chi connectivity index (χ1v) is 7.34. The Balaban J connectivity index is 1.99. The first kappa shape index (κ1) is 14.7. The van der Waals surface area contributed by atoms with Gasteiger partial charge >= 0.3 is 0 Å². The fourth-order valence-corrected chi connectivity index (χ4v) is 2.63. The van der Waals surface area contributed by atoms with E-state index in [2.05, 4.69) is 0 Å². The molecule has 1 heterocycles. The standard InChI is InChI=1S/C17H20N2O3/c1-21-14-8-5-11(10-15(14)22-2)16(18)13-4-3-9-19(17(13)20)12-6-7-12/h3-5,8-10,12,16H,6-7,18H2,1-2H3. The minimum Gasteiger partial charge on any atom is -0.493 e. The number of nitrogens with zero attached hydrogens (tertiary/aromatic N) is 1. The Morgan fingerprint density at radius 1 is 1.18 bits per heavy atom. The number of ether oxygens (including phenoxy) is 2. The molecule has 1 atom stereocenters. The van der Waals surface area contributed by atoms with E-state index >= 15 is 0 Å². The average molecular weight is 300 g/mol. The molecular formula is C17H20N2O3. The van der Waals surface area contributed by atoms with Crippen LogP contribution in [0.3, 0.4) is 0 Å². The third kappa shape index (κ3) is 2.60. The Labute approximate surface area is 129 Å². The molecule has 1 unspecified atom stereocenters. The summed E-state index contributed by atoms with van der Waals surface area (Å²) < 4.78 is 12.3. The fourth-order valence-electron chi connectivity index (χ4n) is 2.63. The largest absolute Gasteiger partial charge is 0.493 e. The van der Waals surface area contributed by atoms with Gasteiger partial charge < -0.3 is 19.8 Å². The number of pyridine rings is 1. The molecule has 1 aliphatic rings. The summed E-state index contributed by atoms with van der Waals surface area (Å²) in [5.74, 6) is 1.25. The summed E-state index contributed by atoms with van der Waals surface area (Å²) in [6, 6.07) is 9.01. The third-order valence-electron chi connectivity index (χ3n) is 4.05. The molecule has 0 radical (unpaired) electrons. The van der Waals surface area contributed by atoms with E-state index in [1.807, 2.05) is 24.4 Å². The van der Waals surface area contributed by atoms with Gasteiger partial charge in [0.25, 0.3) is 5.56 Å². The molecule has 2 N–H and O–H groups in total. The van der Waals surface area contributed by atoms with Crippen molar-refractivity contribution < 1.29 is 9.47 Å². The maximum Gasteiger partial charge on any atom is 0.255 e. The number of aromatic nitrogens is 1. The van der Waals surface area contributed by atoms with Crippen molar-refractivity contribution in [3.63, 3.8) is 0 Å². The van der Waals surface area contributed by atoms with Crippen LogP contribution in [0.15, 0.2) is 41.3 Å². The normalized spacial score (nSPS) is 15.4. The number of methoxy groups -OCH3 is 2. The van der Waals surface area contributed by atoms with Crippen LogP contribution in [0.1, 0.15) is 36.1 Å². The van der Waals surface area contributed by atoms with E-state index < -0.39 is 6.04 Å². The van der Waals surface area contributed by atoms with Crippen molar-refractivity contribution in [3.8, 4) is 11.5 Å². The average Bonchev–Trinajstić information content (AvgIpc) is 3.38. The van der Waals surface area contributed by atoms with Gasteiger partial charge in [0.2, 0.25) is 0 Å². The monoisotopic (exact) mass is 300 g/mol. The van der Waals surface area contributed by atoms with Crippen LogP contribution in [0.5, 0.6) is 11.5 Å². The highest BCUT2D eigenvalue weighted by Crippen LogP contribution is 2.34. The highest BCUT2D eigenvalue weighted by molar-refractivity contribution is 5.45. The predicted molar refractivity (Wildman–Crippen MR) is 84.5 cm³/mol. The molecule has 0 saturated heterocycles. The Kier molecular flexibility index (Phi) is 3.90. The van der Waals surface area contributed by atoms with Crippen molar-refractivity contribution in [3.05, 3.63) is 58.0 Å². The summed E-state index contributed by atoms with van der Waals surface area (Å²) in [5, 5.41) is 0. The topological polar surface area (TPSA) is 66.5 Å². The number of benzene rings is 1. The van der Waals surface area contributed by atoms with Crippen molar-refractivity contribution in [2.75, 3.05) is 14.2 Å². The Bertz CT molecular complexity index is 735. The molecule has 1 fully saturated rings. The van der Waals surface area contributed by atoms with E-state index in [-0.39, 0.29) is 5.56 Å². The van der Waals surface area contributed by atoms with Crippen LogP contribution in [0, 0.1) is 0 Å². The molecule has 1 aliphatic carbocycles. The van der Waals surface area contributed by atoms with Crippen LogP contribution in [0.4, 0.5) is 0 Å². The number of hydrogen-bond acceptors (Lipinski definition) is 4. The van der Waals surface area contributed by atoms with E-state index in [4.69, 9.17) is 15.2 Å². The molecule has 0 spiro atoms. The van der Waals surface area contributed by atoms with Gasteiger partial charge in [-0.05, 0) is 36.6 Å². The second-order valence-electron chi connectivity index (χ2n) is 5.50. The SMILES string of the molecule is COc1ccc(C(N)c2cccn(C3CC3)c2=O)cc1OC. The maximum atomic E-state index is 12.6. The minimum atomic E-state index is -0.487. The highest BCUT2D eigenvalue weighted by Gasteiger charge is 2.26. The van der Waals surface area contributed by atoms with Crippen molar-refractivity contribution in [1.29, 1.82) is 0 Å². The maximum absolute atomic E-state index is 12.6. The van der Waals surface area contributed by atoms with Crippen molar-refractivity contribution in [1.82, 2.24) is 4.57 Å². The zero-order valence-electron chi connectivity index (χ0n) is 12.8. The quantitative estimate of drug-likeness (QED) is 0.919. The summed E-state index contributed by atoms with van der Waals surface area (Å²) in [5.41, 5.74) is 7.73. The molecular weight excluding hydrogens is 280 g/mol. The Morgan fingerprint density at radius 3 is 2.55 bits per heavy atom. The lowest BCUT2D eigenvalue weighted by molar-refractivity contribution is 0.354. The van der Waals surface area contributed by atoms with Crippen molar-refractivity contribution in [2.24, 2.45) is 5.73 Å². The highest BCUT2D eigenvalue weighted by atomic mass is 16.5. The summed E-state index contributed by atoms with van der Waals surface area (Å²) in [7, 11) is 3.17. The summed E-state index contributed by atoms with van der Waals surface area (Å²) in [6.45, 7) is 0. The van der Waals surface area contributed by atoms with E-state index in [9.17, 15) is 4.79 Å². The lowest BCUT2D eigenvalue weighted by Crippen LogP contribution is -2.27. The number of hydrogen-bond donors (Lipinski definition) is 1. The molecule has 1 aromatic heterocycles. The van der Waals surface area contributed by atoms with Gasteiger partial charge in [-0.3, -0.25) is 4.79 Å². The molecule has 3 rings (SSSR count). The minimum absolute atomic E-state index is 0.00714. The Morgan fingerprint density at radius 2 is 1.91 bits per heavy atom. The molecule has 5 nitrogen and oxygen atoms in total. The molecule has 2 aromatic rings. The zero-order valence-corrected chi connectivity index (χ0v) is 12.8. The van der Waals surface area contributed by atoms with Crippen molar-refractivity contribution >= 4 is 0 Å². The van der Waals surface area contributed by atoms with Crippen molar-refractivity contribution in [2.45, 2.75) is 24.9 Å². The Hall–Kier alpha value is -2.27. The lowest BCUT2D eigenvalue weighted by Gasteiger charge is -2.16. The molecule has 0 aliphatic heterocycles. The predicted octanol–water partition coefficient (Wildman–Crippen LogP) is 2.25. The molecule has 116 valence electrons. The first-order valence-electron chi connectivity index (χ1n) is 7.34. The van der Waals surface area contributed by atoms with Crippen LogP contribution < -0.4 is 20.8 Å². The summed E-state index contributed by atoms with van der Waals surface area (Å²) in [4.78, 5) is 12.6. The molecule has 22 heavy (non-hydrogen) atoms. The van der Waals surface area contributed by atoms with E-state index in [1.165, 1.54) is 0 Å². The lowest BCUT2D eigenvalue weighted by atomic mass is 10.0. The third-order valence-corrected chi connectivity index (χ3v) is 4.05. The van der Waals surface area contributed by atoms with Crippen LogP contribution >= 0.6 is 0 Å². The van der Waals surface area contributed by atoms with Crippen LogP contribution in [0.25, 0.3) is 0 Å². The smallest absolute Gasteiger partial charge is 0.255 e. The van der Waals surface area contributed by atoms with E-state index in [0.29, 0.717) is 23.1 Å². The van der Waals surface area contributed by atoms with Gasteiger partial charge in [0.15, 0.2) is 11.5 Å². The van der Waals surface area contributed by atoms with Gasteiger partial charge in [-0.2, -0.15) is 0 Å². The second kappa shape index (κ2) is 5.85. The summed E-state index contributed by atoms with van der Waals surface area (Å²) in [6.07, 6.45) is 3.97. The van der Waals surface area contributed by atoms with E-state index in [1.54, 1.807) is 30.9 Å². The van der Waals surface area contributed by atoms with Crippen LogP contribution in [0.2, 0.25) is 0 Å². The summed E-state index contributed by atoms with van der Waals surface area (Å²) >= 11 is 0. The molecule has 0 bridgehead atoms. The second-order valence-corrected chi connectivity index (χ2v) is 5.50. The van der Waals surface area contributed by atoms with Gasteiger partial charge in [0.05, 0.1) is 20.3 Å². The molecule has 0 amide bonds. The van der Waals surface area contributed by atoms with Gasteiger partial charge in [-0.25, -0.2) is 0 Å². The number of nitrogens with two attached hydrogens (primary N) is 1. The fraction of sp³-hybridized carbons (Fsp3) is 0.353. The zero-order chi connectivity index (χ0) is 15.7. The van der Waals surface area contributed by atoms with Gasteiger partial charge in [-0.1, -0.05) is 12.1 Å². The molecule has 1 aromatic carbocycles. The molecule has 1 saturated carbocycles. The molecule has 5 heteroatoms. The van der Waals surface area contributed by atoms with Gasteiger partial charge in [0.1, 0.15) is 0 Å².